The second-order valence-corrected chi connectivity index (χ2v) is 8.87. The zero-order valence-corrected chi connectivity index (χ0v) is 21.2. The number of hydrogen-bond donors (Lipinski definition) is 1. The van der Waals surface area contributed by atoms with E-state index in [1.165, 1.54) is 17.2 Å². The molecule has 0 spiro atoms. The van der Waals surface area contributed by atoms with Gasteiger partial charge in [0.05, 0.1) is 32.5 Å². The van der Waals surface area contributed by atoms with Crippen molar-refractivity contribution in [1.82, 2.24) is 5.32 Å². The summed E-state index contributed by atoms with van der Waals surface area (Å²) in [7, 11) is 0. The predicted molar refractivity (Wildman–Crippen MR) is 140 cm³/mol. The first-order valence-electron chi connectivity index (χ1n) is 11.8. The highest BCUT2D eigenvalue weighted by molar-refractivity contribution is 6.31. The van der Waals surface area contributed by atoms with Crippen molar-refractivity contribution in [2.24, 2.45) is 0 Å². The van der Waals surface area contributed by atoms with Gasteiger partial charge < -0.3 is 19.5 Å². The summed E-state index contributed by atoms with van der Waals surface area (Å²) in [5, 5.41) is 3.77. The van der Waals surface area contributed by atoms with Gasteiger partial charge >= 0.3 is 0 Å². The Bertz CT molecular complexity index is 1000. The lowest BCUT2D eigenvalue weighted by atomic mass is 9.87. The van der Waals surface area contributed by atoms with Crippen LogP contribution < -0.4 is 10.1 Å². The SMILES string of the molecule is Cl.Fc1cccc(Cl)c1COC1CNCCC1c1ccc(OCCCOCc2ccccc2)cc1. The van der Waals surface area contributed by atoms with Crippen LogP contribution in [0.1, 0.15) is 35.4 Å². The topological polar surface area (TPSA) is 39.7 Å². The lowest BCUT2D eigenvalue weighted by molar-refractivity contribution is 0.00942. The van der Waals surface area contributed by atoms with Gasteiger partial charge in [0.25, 0.3) is 0 Å². The average Bonchev–Trinajstić information content (AvgIpc) is 2.87. The van der Waals surface area contributed by atoms with Crippen LogP contribution in [0, 0.1) is 5.82 Å². The standard InChI is InChI=1S/C28H31ClFNO3.ClH/c29-26-8-4-9-27(30)25(26)20-34-28-18-31-15-14-24(28)22-10-12-23(13-11-22)33-17-5-16-32-19-21-6-2-1-3-7-21;/h1-4,6-13,24,28,31H,5,14-20H2;1H. The Balaban J connectivity index is 0.00000342. The number of halogens is 3. The first-order valence-corrected chi connectivity index (χ1v) is 12.2. The molecule has 0 radical (unpaired) electrons. The fourth-order valence-electron chi connectivity index (χ4n) is 4.17. The Morgan fingerprint density at radius 3 is 2.49 bits per heavy atom. The molecule has 2 atom stereocenters. The summed E-state index contributed by atoms with van der Waals surface area (Å²) < 4.78 is 31.8. The first kappa shape index (κ1) is 27.4. The van der Waals surface area contributed by atoms with Gasteiger partial charge in [0, 0.05) is 29.5 Å². The van der Waals surface area contributed by atoms with E-state index in [9.17, 15) is 4.39 Å². The lowest BCUT2D eigenvalue weighted by Crippen LogP contribution is -2.41. The molecule has 35 heavy (non-hydrogen) atoms. The van der Waals surface area contributed by atoms with Crippen LogP contribution in [0.2, 0.25) is 5.02 Å². The van der Waals surface area contributed by atoms with Gasteiger partial charge in [0.1, 0.15) is 11.6 Å². The molecule has 4 nitrogen and oxygen atoms in total. The average molecular weight is 520 g/mol. The fraction of sp³-hybridized carbons (Fsp3) is 0.357. The third-order valence-corrected chi connectivity index (χ3v) is 6.41. The molecule has 1 fully saturated rings. The number of rotatable bonds is 11. The summed E-state index contributed by atoms with van der Waals surface area (Å²) >= 11 is 6.16. The van der Waals surface area contributed by atoms with Crippen LogP contribution in [0.25, 0.3) is 0 Å². The molecular weight excluding hydrogens is 488 g/mol. The van der Waals surface area contributed by atoms with Gasteiger partial charge in [-0.15, -0.1) is 12.4 Å². The van der Waals surface area contributed by atoms with E-state index in [1.54, 1.807) is 12.1 Å². The van der Waals surface area contributed by atoms with E-state index in [-0.39, 0.29) is 36.9 Å². The van der Waals surface area contributed by atoms with Crippen molar-refractivity contribution in [3.63, 3.8) is 0 Å². The molecule has 3 aromatic rings. The normalized spacial score (nSPS) is 17.5. The zero-order valence-electron chi connectivity index (χ0n) is 19.6. The second-order valence-electron chi connectivity index (χ2n) is 8.46. The largest absolute Gasteiger partial charge is 0.494 e. The van der Waals surface area contributed by atoms with E-state index in [0.29, 0.717) is 30.4 Å². The molecule has 0 amide bonds. The van der Waals surface area contributed by atoms with Crippen molar-refractivity contribution in [3.05, 3.63) is 100 Å². The van der Waals surface area contributed by atoms with Crippen LogP contribution in [0.15, 0.2) is 72.8 Å². The van der Waals surface area contributed by atoms with Gasteiger partial charge in [-0.05, 0) is 48.4 Å². The third-order valence-electron chi connectivity index (χ3n) is 6.05. The van der Waals surface area contributed by atoms with Gasteiger partial charge in [-0.2, -0.15) is 0 Å². The van der Waals surface area contributed by atoms with Crippen LogP contribution in [0.3, 0.4) is 0 Å². The Labute approximate surface area is 218 Å². The van der Waals surface area contributed by atoms with E-state index < -0.39 is 0 Å². The summed E-state index contributed by atoms with van der Waals surface area (Å²) in [6, 6.07) is 23.1. The molecule has 7 heteroatoms. The van der Waals surface area contributed by atoms with E-state index in [0.717, 1.165) is 31.7 Å². The Kier molecular flexibility index (Phi) is 11.3. The molecule has 0 bridgehead atoms. The molecule has 2 unspecified atom stereocenters. The number of piperidine rings is 1. The molecule has 1 N–H and O–H groups in total. The van der Waals surface area contributed by atoms with Crippen molar-refractivity contribution < 1.29 is 18.6 Å². The predicted octanol–water partition coefficient (Wildman–Crippen LogP) is 6.55. The summed E-state index contributed by atoms with van der Waals surface area (Å²) in [5.41, 5.74) is 2.78. The smallest absolute Gasteiger partial charge is 0.130 e. The molecule has 0 saturated carbocycles. The number of hydrogen-bond acceptors (Lipinski definition) is 4. The van der Waals surface area contributed by atoms with Crippen LogP contribution in [0.5, 0.6) is 5.75 Å². The molecule has 1 aliphatic heterocycles. The molecule has 0 aliphatic carbocycles. The van der Waals surface area contributed by atoms with Gasteiger partial charge in [0.2, 0.25) is 0 Å². The first-order chi connectivity index (χ1) is 16.7. The molecular formula is C28H32Cl2FNO3. The Morgan fingerprint density at radius 2 is 1.71 bits per heavy atom. The van der Waals surface area contributed by atoms with E-state index in [1.807, 2.05) is 30.3 Å². The molecule has 1 saturated heterocycles. The van der Waals surface area contributed by atoms with Gasteiger partial charge in [-0.25, -0.2) is 4.39 Å². The number of nitrogens with one attached hydrogen (secondary N) is 1. The molecule has 1 heterocycles. The second kappa shape index (κ2) is 14.4. The summed E-state index contributed by atoms with van der Waals surface area (Å²) in [6.45, 7) is 3.69. The number of benzene rings is 3. The van der Waals surface area contributed by atoms with E-state index in [4.69, 9.17) is 25.8 Å². The van der Waals surface area contributed by atoms with Gasteiger partial charge in [-0.1, -0.05) is 60.1 Å². The minimum absolute atomic E-state index is 0. The summed E-state index contributed by atoms with van der Waals surface area (Å²) in [6.07, 6.45) is 1.73. The summed E-state index contributed by atoms with van der Waals surface area (Å²) in [4.78, 5) is 0. The van der Waals surface area contributed by atoms with Crippen molar-refractivity contribution in [2.75, 3.05) is 26.3 Å². The highest BCUT2D eigenvalue weighted by Gasteiger charge is 2.27. The van der Waals surface area contributed by atoms with Crippen molar-refractivity contribution in [3.8, 4) is 5.75 Å². The zero-order chi connectivity index (χ0) is 23.6. The van der Waals surface area contributed by atoms with Crippen LogP contribution in [-0.2, 0) is 22.7 Å². The monoisotopic (exact) mass is 519 g/mol. The maximum Gasteiger partial charge on any atom is 0.130 e. The van der Waals surface area contributed by atoms with Crippen molar-refractivity contribution in [1.29, 1.82) is 0 Å². The van der Waals surface area contributed by atoms with Crippen LogP contribution >= 0.6 is 24.0 Å². The maximum atomic E-state index is 14.1. The van der Waals surface area contributed by atoms with Gasteiger partial charge in [0.15, 0.2) is 0 Å². The van der Waals surface area contributed by atoms with Crippen molar-refractivity contribution >= 4 is 24.0 Å². The Hall–Kier alpha value is -2.15. The minimum atomic E-state index is -0.334. The molecule has 4 rings (SSSR count). The van der Waals surface area contributed by atoms with E-state index in [2.05, 4.69) is 29.6 Å². The highest BCUT2D eigenvalue weighted by atomic mass is 35.5. The quantitative estimate of drug-likeness (QED) is 0.291. The van der Waals surface area contributed by atoms with Crippen molar-refractivity contribution in [2.45, 2.75) is 38.1 Å². The van der Waals surface area contributed by atoms with Crippen LogP contribution in [-0.4, -0.2) is 32.4 Å². The molecule has 1 aliphatic rings. The van der Waals surface area contributed by atoms with E-state index >= 15 is 0 Å². The highest BCUT2D eigenvalue weighted by Crippen LogP contribution is 2.30. The maximum absolute atomic E-state index is 14.1. The third kappa shape index (κ3) is 8.19. The van der Waals surface area contributed by atoms with Crippen LogP contribution in [0.4, 0.5) is 4.39 Å². The number of ether oxygens (including phenoxy) is 3. The molecule has 3 aromatic carbocycles. The summed E-state index contributed by atoms with van der Waals surface area (Å²) in [5.74, 6) is 0.739. The molecule has 0 aromatic heterocycles. The Morgan fingerprint density at radius 1 is 0.914 bits per heavy atom. The fourth-order valence-corrected chi connectivity index (χ4v) is 4.39. The lowest BCUT2D eigenvalue weighted by Gasteiger charge is -2.32. The van der Waals surface area contributed by atoms with Gasteiger partial charge in [-0.3, -0.25) is 0 Å². The minimum Gasteiger partial charge on any atom is -0.494 e. The molecule has 188 valence electrons.